The zero-order valence-electron chi connectivity index (χ0n) is 10.2. The summed E-state index contributed by atoms with van der Waals surface area (Å²) in [5.74, 6) is 0.716. The highest BCUT2D eigenvalue weighted by Gasteiger charge is 2.38. The number of nitrogens with two attached hydrogens (primary N) is 1. The molecule has 0 spiro atoms. The molecule has 7 heteroatoms. The number of pyridine rings is 1. The van der Waals surface area contributed by atoms with Gasteiger partial charge in [-0.2, -0.15) is 9.61 Å². The second-order valence-electron chi connectivity index (χ2n) is 4.88. The van der Waals surface area contributed by atoms with Gasteiger partial charge in [-0.1, -0.05) is 11.3 Å². The zero-order chi connectivity index (χ0) is 12.9. The monoisotopic (exact) mass is 272 g/mol. The van der Waals surface area contributed by atoms with E-state index in [9.17, 15) is 0 Å². The number of rotatable bonds is 2. The first-order chi connectivity index (χ1) is 9.26. The van der Waals surface area contributed by atoms with E-state index in [0.29, 0.717) is 5.82 Å². The van der Waals surface area contributed by atoms with Crippen LogP contribution < -0.4 is 5.73 Å². The quantitative estimate of drug-likeness (QED) is 0.766. The van der Waals surface area contributed by atoms with Crippen LogP contribution in [-0.2, 0) is 5.54 Å². The number of aromatic nitrogens is 5. The highest BCUT2D eigenvalue weighted by Crippen LogP contribution is 2.40. The highest BCUT2D eigenvalue weighted by atomic mass is 32.1. The van der Waals surface area contributed by atoms with Crippen molar-refractivity contribution in [2.24, 2.45) is 5.73 Å². The fourth-order valence-corrected chi connectivity index (χ4v) is 3.26. The minimum absolute atomic E-state index is 0.252. The summed E-state index contributed by atoms with van der Waals surface area (Å²) < 4.78 is 1.77. The van der Waals surface area contributed by atoms with Crippen molar-refractivity contribution in [2.75, 3.05) is 0 Å². The minimum Gasteiger partial charge on any atom is -0.319 e. The Hall–Kier alpha value is -1.86. The Morgan fingerprint density at radius 1 is 1.32 bits per heavy atom. The third kappa shape index (κ3) is 1.58. The van der Waals surface area contributed by atoms with Crippen LogP contribution in [0.5, 0.6) is 0 Å². The van der Waals surface area contributed by atoms with Gasteiger partial charge in [-0.25, -0.2) is 0 Å². The zero-order valence-corrected chi connectivity index (χ0v) is 11.0. The molecule has 2 N–H and O–H groups in total. The first-order valence-corrected chi connectivity index (χ1v) is 7.00. The van der Waals surface area contributed by atoms with E-state index in [-0.39, 0.29) is 5.54 Å². The molecule has 0 aliphatic heterocycles. The molecule has 0 bridgehead atoms. The Kier molecular flexibility index (Phi) is 2.21. The minimum atomic E-state index is -0.252. The maximum Gasteiger partial charge on any atom is 0.235 e. The Balaban J connectivity index is 1.85. The van der Waals surface area contributed by atoms with E-state index >= 15 is 0 Å². The van der Waals surface area contributed by atoms with Crippen LogP contribution >= 0.6 is 11.3 Å². The molecule has 3 heterocycles. The van der Waals surface area contributed by atoms with Gasteiger partial charge in [0, 0.05) is 18.0 Å². The number of hydrogen-bond acceptors (Lipinski definition) is 6. The molecule has 3 aromatic rings. The largest absolute Gasteiger partial charge is 0.319 e. The van der Waals surface area contributed by atoms with Crippen molar-refractivity contribution in [1.82, 2.24) is 24.8 Å². The lowest BCUT2D eigenvalue weighted by molar-refractivity contribution is 0.251. The fraction of sp³-hybridized carbons (Fsp3) is 0.333. The summed E-state index contributed by atoms with van der Waals surface area (Å²) in [5.41, 5.74) is 6.97. The van der Waals surface area contributed by atoms with Crippen LogP contribution in [0.25, 0.3) is 16.3 Å². The highest BCUT2D eigenvalue weighted by molar-refractivity contribution is 7.16. The van der Waals surface area contributed by atoms with Gasteiger partial charge in [0.25, 0.3) is 0 Å². The Morgan fingerprint density at radius 3 is 2.89 bits per heavy atom. The van der Waals surface area contributed by atoms with Crippen molar-refractivity contribution in [3.05, 3.63) is 29.5 Å². The molecule has 0 amide bonds. The maximum atomic E-state index is 6.31. The molecule has 96 valence electrons. The molecular formula is C12H12N6S. The van der Waals surface area contributed by atoms with Crippen molar-refractivity contribution in [2.45, 2.75) is 24.8 Å². The lowest BCUT2D eigenvalue weighted by atomic mass is 9.78. The SMILES string of the molecule is NC1(c2nn3c(-c4cccnc4)nnc3s2)CCC1. The van der Waals surface area contributed by atoms with Gasteiger partial charge in [0.15, 0.2) is 5.82 Å². The molecular weight excluding hydrogens is 260 g/mol. The van der Waals surface area contributed by atoms with E-state index in [1.54, 1.807) is 16.9 Å². The van der Waals surface area contributed by atoms with Gasteiger partial charge in [0.1, 0.15) is 5.01 Å². The number of fused-ring (bicyclic) bond motifs is 1. The summed E-state index contributed by atoms with van der Waals surface area (Å²) in [6.07, 6.45) is 6.67. The molecule has 19 heavy (non-hydrogen) atoms. The normalized spacial score (nSPS) is 17.5. The van der Waals surface area contributed by atoms with Crippen LogP contribution in [0.4, 0.5) is 0 Å². The lowest BCUT2D eigenvalue weighted by Gasteiger charge is -2.35. The summed E-state index contributed by atoms with van der Waals surface area (Å²) in [7, 11) is 0. The number of nitrogens with zero attached hydrogens (tertiary/aromatic N) is 5. The second kappa shape index (κ2) is 3.82. The van der Waals surface area contributed by atoms with E-state index in [1.165, 1.54) is 17.8 Å². The predicted octanol–water partition coefficient (Wildman–Crippen LogP) is 1.59. The van der Waals surface area contributed by atoms with E-state index in [4.69, 9.17) is 5.73 Å². The second-order valence-corrected chi connectivity index (χ2v) is 5.83. The molecule has 0 atom stereocenters. The van der Waals surface area contributed by atoms with Crippen molar-refractivity contribution in [3.63, 3.8) is 0 Å². The molecule has 0 unspecified atom stereocenters. The van der Waals surface area contributed by atoms with Gasteiger partial charge in [0.2, 0.25) is 4.96 Å². The fourth-order valence-electron chi connectivity index (χ4n) is 2.26. The van der Waals surface area contributed by atoms with Crippen molar-refractivity contribution in [3.8, 4) is 11.4 Å². The first-order valence-electron chi connectivity index (χ1n) is 6.18. The smallest absolute Gasteiger partial charge is 0.235 e. The van der Waals surface area contributed by atoms with Crippen LogP contribution in [-0.4, -0.2) is 24.8 Å². The molecule has 1 saturated carbocycles. The van der Waals surface area contributed by atoms with E-state index < -0.39 is 0 Å². The third-order valence-electron chi connectivity index (χ3n) is 3.58. The van der Waals surface area contributed by atoms with Crippen LogP contribution in [0.3, 0.4) is 0 Å². The summed E-state index contributed by atoms with van der Waals surface area (Å²) >= 11 is 1.53. The first kappa shape index (κ1) is 11.0. The molecule has 3 aromatic heterocycles. The van der Waals surface area contributed by atoms with Gasteiger partial charge < -0.3 is 5.73 Å². The summed E-state index contributed by atoms with van der Waals surface area (Å²) in [6, 6.07) is 3.82. The summed E-state index contributed by atoms with van der Waals surface area (Å²) in [4.78, 5) is 4.88. The van der Waals surface area contributed by atoms with E-state index in [2.05, 4.69) is 20.3 Å². The molecule has 4 rings (SSSR count). The third-order valence-corrected chi connectivity index (χ3v) is 4.70. The molecule has 0 radical (unpaired) electrons. The van der Waals surface area contributed by atoms with Crippen LogP contribution in [0.2, 0.25) is 0 Å². The predicted molar refractivity (Wildman–Crippen MR) is 71.6 cm³/mol. The average molecular weight is 272 g/mol. The van der Waals surface area contributed by atoms with Crippen molar-refractivity contribution in [1.29, 1.82) is 0 Å². The van der Waals surface area contributed by atoms with Gasteiger partial charge in [0.05, 0.1) is 5.54 Å². The summed E-state index contributed by atoms with van der Waals surface area (Å²) in [6.45, 7) is 0. The molecule has 1 aliphatic carbocycles. The summed E-state index contributed by atoms with van der Waals surface area (Å²) in [5, 5.41) is 13.9. The van der Waals surface area contributed by atoms with Gasteiger partial charge in [-0.15, -0.1) is 10.2 Å². The standard InChI is InChI=1S/C12H12N6S/c13-12(4-2-5-12)10-17-18-9(15-16-11(18)19-10)8-3-1-6-14-7-8/h1,3,6-7H,2,4-5,13H2. The van der Waals surface area contributed by atoms with E-state index in [1.807, 2.05) is 12.1 Å². The van der Waals surface area contributed by atoms with Crippen LogP contribution in [0.15, 0.2) is 24.5 Å². The Labute approximate surface area is 113 Å². The maximum absolute atomic E-state index is 6.31. The van der Waals surface area contributed by atoms with Crippen molar-refractivity contribution >= 4 is 16.3 Å². The molecule has 0 aromatic carbocycles. The van der Waals surface area contributed by atoms with Crippen molar-refractivity contribution < 1.29 is 0 Å². The Bertz CT molecular complexity index is 727. The Morgan fingerprint density at radius 2 is 2.21 bits per heavy atom. The van der Waals surface area contributed by atoms with Gasteiger partial charge in [-0.3, -0.25) is 4.98 Å². The average Bonchev–Trinajstić information content (AvgIpc) is 2.96. The van der Waals surface area contributed by atoms with Gasteiger partial charge in [-0.05, 0) is 31.4 Å². The van der Waals surface area contributed by atoms with Gasteiger partial charge >= 0.3 is 0 Å². The van der Waals surface area contributed by atoms with E-state index in [0.717, 1.165) is 28.4 Å². The lowest BCUT2D eigenvalue weighted by Crippen LogP contribution is -2.43. The molecule has 1 aliphatic rings. The van der Waals surface area contributed by atoms with Crippen LogP contribution in [0.1, 0.15) is 24.3 Å². The topological polar surface area (TPSA) is 82.0 Å². The van der Waals surface area contributed by atoms with Crippen LogP contribution in [0, 0.1) is 0 Å². The molecule has 1 fully saturated rings. The molecule has 0 saturated heterocycles. The number of hydrogen-bond donors (Lipinski definition) is 1. The molecule has 6 nitrogen and oxygen atoms in total.